The lowest BCUT2D eigenvalue weighted by atomic mass is 9.97. The molecule has 0 spiro atoms. The lowest BCUT2D eigenvalue weighted by Crippen LogP contribution is -2.27. The summed E-state index contributed by atoms with van der Waals surface area (Å²) in [6, 6.07) is 4.09. The number of thiophene rings is 2. The van der Waals surface area contributed by atoms with Crippen LogP contribution in [0.2, 0.25) is 0 Å². The summed E-state index contributed by atoms with van der Waals surface area (Å²) in [5, 5.41) is 4.22. The number of aromatic nitrogens is 2. The van der Waals surface area contributed by atoms with Crippen LogP contribution in [0.15, 0.2) is 22.5 Å². The van der Waals surface area contributed by atoms with Gasteiger partial charge in [-0.2, -0.15) is 0 Å². The number of aryl methyl sites for hydroxylation is 3. The fourth-order valence-corrected chi connectivity index (χ4v) is 6.46. The van der Waals surface area contributed by atoms with E-state index >= 15 is 0 Å². The smallest absolute Gasteiger partial charge is 0.233 e. The average molecular weight is 404 g/mol. The third-order valence-electron chi connectivity index (χ3n) is 4.62. The molecule has 0 saturated heterocycles. The number of hydrogen-bond acceptors (Lipinski definition) is 6. The van der Waals surface area contributed by atoms with Crippen LogP contribution in [0, 0.1) is 6.92 Å². The highest BCUT2D eigenvalue weighted by molar-refractivity contribution is 8.00. The van der Waals surface area contributed by atoms with E-state index in [0.717, 1.165) is 28.5 Å². The Kier molecular flexibility index (Phi) is 5.29. The third-order valence-corrected chi connectivity index (χ3v) is 7.63. The van der Waals surface area contributed by atoms with Gasteiger partial charge < -0.3 is 4.90 Å². The summed E-state index contributed by atoms with van der Waals surface area (Å²) < 4.78 is 0. The summed E-state index contributed by atoms with van der Waals surface area (Å²) in [5.74, 6) is 1.34. The lowest BCUT2D eigenvalue weighted by molar-refractivity contribution is -0.127. The van der Waals surface area contributed by atoms with Crippen molar-refractivity contribution in [1.29, 1.82) is 0 Å². The van der Waals surface area contributed by atoms with Gasteiger partial charge in [-0.1, -0.05) is 17.8 Å². The number of rotatable bonds is 5. The first-order chi connectivity index (χ1) is 12.6. The molecule has 0 fully saturated rings. The van der Waals surface area contributed by atoms with Gasteiger partial charge >= 0.3 is 0 Å². The minimum Gasteiger partial charge on any atom is -0.340 e. The van der Waals surface area contributed by atoms with Crippen molar-refractivity contribution >= 4 is 50.6 Å². The van der Waals surface area contributed by atoms with E-state index in [1.54, 1.807) is 28.0 Å². The van der Waals surface area contributed by atoms with Crippen LogP contribution in [0.25, 0.3) is 10.2 Å². The van der Waals surface area contributed by atoms with E-state index in [1.165, 1.54) is 33.5 Å². The van der Waals surface area contributed by atoms with Crippen molar-refractivity contribution < 1.29 is 4.79 Å². The highest BCUT2D eigenvalue weighted by Crippen LogP contribution is 2.39. The molecule has 4 rings (SSSR count). The highest BCUT2D eigenvalue weighted by atomic mass is 32.2. The third kappa shape index (κ3) is 3.66. The second-order valence-electron chi connectivity index (χ2n) is 6.58. The number of fused-ring (bicyclic) bond motifs is 3. The predicted molar refractivity (Wildman–Crippen MR) is 110 cm³/mol. The van der Waals surface area contributed by atoms with Gasteiger partial charge in [-0.3, -0.25) is 4.79 Å². The van der Waals surface area contributed by atoms with Gasteiger partial charge in [0.25, 0.3) is 0 Å². The van der Waals surface area contributed by atoms with Crippen LogP contribution < -0.4 is 0 Å². The van der Waals surface area contributed by atoms with Crippen molar-refractivity contribution in [2.75, 3.05) is 12.8 Å². The van der Waals surface area contributed by atoms with Gasteiger partial charge in [0.1, 0.15) is 15.7 Å². The summed E-state index contributed by atoms with van der Waals surface area (Å²) in [4.78, 5) is 27.5. The highest BCUT2D eigenvalue weighted by Gasteiger charge is 2.21. The number of carbonyl (C=O) groups excluding carboxylic acids is 1. The normalized spacial score (nSPS) is 13.8. The summed E-state index contributed by atoms with van der Waals surface area (Å²) in [6.45, 7) is 2.61. The molecule has 26 heavy (non-hydrogen) atoms. The number of carbonyl (C=O) groups is 1. The van der Waals surface area contributed by atoms with Crippen LogP contribution in [-0.4, -0.2) is 33.6 Å². The minimum atomic E-state index is 0.136. The van der Waals surface area contributed by atoms with Crippen LogP contribution in [0.3, 0.4) is 0 Å². The molecule has 0 radical (unpaired) electrons. The van der Waals surface area contributed by atoms with E-state index in [2.05, 4.69) is 16.0 Å². The Labute approximate surface area is 165 Å². The predicted octanol–water partition coefficient (Wildman–Crippen LogP) is 4.69. The molecule has 0 aromatic carbocycles. The van der Waals surface area contributed by atoms with Gasteiger partial charge in [-0.25, -0.2) is 9.97 Å². The zero-order valence-electron chi connectivity index (χ0n) is 14.9. The molecule has 4 nitrogen and oxygen atoms in total. The second kappa shape index (κ2) is 7.66. The molecule has 0 saturated carbocycles. The Morgan fingerprint density at radius 3 is 2.96 bits per heavy atom. The number of amides is 1. The van der Waals surface area contributed by atoms with E-state index in [4.69, 9.17) is 0 Å². The summed E-state index contributed by atoms with van der Waals surface area (Å²) in [6.07, 6.45) is 4.77. The van der Waals surface area contributed by atoms with E-state index < -0.39 is 0 Å². The summed E-state index contributed by atoms with van der Waals surface area (Å²) >= 11 is 5.05. The van der Waals surface area contributed by atoms with Gasteiger partial charge in [-0.15, -0.1) is 22.7 Å². The number of hydrogen-bond donors (Lipinski definition) is 0. The van der Waals surface area contributed by atoms with Gasteiger partial charge in [0.15, 0.2) is 0 Å². The molecule has 0 unspecified atom stereocenters. The molecule has 3 aromatic heterocycles. The Morgan fingerprint density at radius 1 is 1.31 bits per heavy atom. The van der Waals surface area contributed by atoms with E-state index in [1.807, 2.05) is 36.8 Å². The van der Waals surface area contributed by atoms with E-state index in [9.17, 15) is 4.79 Å². The van der Waals surface area contributed by atoms with Crippen LogP contribution in [0.5, 0.6) is 0 Å². The van der Waals surface area contributed by atoms with E-state index in [0.29, 0.717) is 12.3 Å². The molecule has 0 bridgehead atoms. The molecule has 1 amide bonds. The Morgan fingerprint density at radius 2 is 2.15 bits per heavy atom. The summed E-state index contributed by atoms with van der Waals surface area (Å²) in [5.41, 5.74) is 1.43. The monoisotopic (exact) mass is 403 g/mol. The topological polar surface area (TPSA) is 46.1 Å². The molecule has 1 aliphatic carbocycles. The maximum atomic E-state index is 12.6. The molecule has 3 aromatic rings. The molecule has 136 valence electrons. The molecule has 0 atom stereocenters. The Hall–Kier alpha value is -1.44. The minimum absolute atomic E-state index is 0.136. The van der Waals surface area contributed by atoms with Crippen LogP contribution in [0.4, 0.5) is 0 Å². The zero-order valence-corrected chi connectivity index (χ0v) is 17.4. The van der Waals surface area contributed by atoms with Gasteiger partial charge in [0.05, 0.1) is 12.3 Å². The van der Waals surface area contributed by atoms with Crippen molar-refractivity contribution in [3.05, 3.63) is 38.7 Å². The molecular weight excluding hydrogens is 382 g/mol. The Balaban J connectivity index is 1.53. The molecule has 3 heterocycles. The SMILES string of the molecule is Cc1nc(SCC(=O)N(C)Cc2cccs2)c2c3c(sc2n1)CCCC3. The number of nitrogens with zero attached hydrogens (tertiary/aromatic N) is 3. The standard InChI is InChI=1S/C19H21N3OS3/c1-12-20-18(17-14-7-3-4-8-15(14)26-19(17)21-12)25-11-16(23)22(2)10-13-6-5-9-24-13/h5-6,9H,3-4,7-8,10-11H2,1-2H3. The molecule has 7 heteroatoms. The van der Waals surface area contributed by atoms with Crippen LogP contribution in [0.1, 0.15) is 34.0 Å². The quantitative estimate of drug-likeness (QED) is 0.458. The zero-order chi connectivity index (χ0) is 18.1. The first kappa shape index (κ1) is 17.9. The summed E-state index contributed by atoms with van der Waals surface area (Å²) in [7, 11) is 1.87. The van der Waals surface area contributed by atoms with Crippen LogP contribution in [-0.2, 0) is 24.2 Å². The average Bonchev–Trinajstić information content (AvgIpc) is 3.26. The van der Waals surface area contributed by atoms with Crippen molar-refractivity contribution in [3.63, 3.8) is 0 Å². The largest absolute Gasteiger partial charge is 0.340 e. The first-order valence-electron chi connectivity index (χ1n) is 8.80. The maximum Gasteiger partial charge on any atom is 0.233 e. The lowest BCUT2D eigenvalue weighted by Gasteiger charge is -2.16. The van der Waals surface area contributed by atoms with Gasteiger partial charge in [0, 0.05) is 22.2 Å². The van der Waals surface area contributed by atoms with Gasteiger partial charge in [0.2, 0.25) is 5.91 Å². The number of thioether (sulfide) groups is 1. The van der Waals surface area contributed by atoms with Gasteiger partial charge in [-0.05, 0) is 49.6 Å². The Bertz CT molecular complexity index is 933. The molecule has 1 aliphatic rings. The van der Waals surface area contributed by atoms with Crippen molar-refractivity contribution in [1.82, 2.24) is 14.9 Å². The van der Waals surface area contributed by atoms with E-state index in [-0.39, 0.29) is 5.91 Å². The second-order valence-corrected chi connectivity index (χ2v) is 9.66. The fraction of sp³-hybridized carbons (Fsp3) is 0.421. The maximum absolute atomic E-state index is 12.6. The van der Waals surface area contributed by atoms with Crippen molar-refractivity contribution in [3.8, 4) is 0 Å². The fourth-order valence-electron chi connectivity index (χ4n) is 3.29. The van der Waals surface area contributed by atoms with Crippen molar-refractivity contribution in [2.45, 2.75) is 44.2 Å². The molecule has 0 N–H and O–H groups in total. The van der Waals surface area contributed by atoms with Crippen molar-refractivity contribution in [2.24, 2.45) is 0 Å². The molecular formula is C19H21N3OS3. The van der Waals surface area contributed by atoms with Crippen LogP contribution >= 0.6 is 34.4 Å². The molecule has 0 aliphatic heterocycles. The first-order valence-corrected chi connectivity index (χ1v) is 11.5.